The van der Waals surface area contributed by atoms with Gasteiger partial charge in [0.2, 0.25) is 0 Å². The molecule has 16 heavy (non-hydrogen) atoms. The van der Waals surface area contributed by atoms with Gasteiger partial charge in [-0.3, -0.25) is 4.79 Å². The Morgan fingerprint density at radius 1 is 1.44 bits per heavy atom. The zero-order valence-corrected chi connectivity index (χ0v) is 9.11. The van der Waals surface area contributed by atoms with Gasteiger partial charge in [-0.2, -0.15) is 0 Å². The molecule has 1 aromatic carbocycles. The van der Waals surface area contributed by atoms with E-state index in [2.05, 4.69) is 0 Å². The van der Waals surface area contributed by atoms with Gasteiger partial charge in [-0.05, 0) is 19.1 Å². The topological polar surface area (TPSA) is 59.7 Å². The van der Waals surface area contributed by atoms with Gasteiger partial charge in [0.25, 0.3) is 0 Å². The summed E-state index contributed by atoms with van der Waals surface area (Å²) < 4.78 is 10.5. The molecule has 0 spiro atoms. The molecule has 0 unspecified atom stereocenters. The first-order valence-electron chi connectivity index (χ1n) is 4.88. The van der Waals surface area contributed by atoms with E-state index in [9.17, 15) is 4.79 Å². The van der Waals surface area contributed by atoms with Crippen LogP contribution in [0.5, 0.6) is 5.75 Å². The Morgan fingerprint density at radius 3 is 2.81 bits per heavy atom. The van der Waals surface area contributed by atoms with Gasteiger partial charge >= 0.3 is 0 Å². The minimum absolute atomic E-state index is 0.118. The van der Waals surface area contributed by atoms with Crippen LogP contribution < -0.4 is 10.2 Å². The number of aliphatic hydroxyl groups excluding tert-OH is 1. The van der Waals surface area contributed by atoms with Crippen LogP contribution in [-0.4, -0.2) is 12.2 Å². The molecule has 0 saturated carbocycles. The summed E-state index contributed by atoms with van der Waals surface area (Å²) in [5.74, 6) is 0.911. The normalized spacial score (nSPS) is 10.7. The Hall–Kier alpha value is -1.81. The molecule has 0 radical (unpaired) electrons. The summed E-state index contributed by atoms with van der Waals surface area (Å²) in [5.41, 5.74) is 0.757. The summed E-state index contributed by atoms with van der Waals surface area (Å²) >= 11 is 0. The predicted octanol–water partition coefficient (Wildman–Crippen LogP) is 1.60. The second-order valence-corrected chi connectivity index (χ2v) is 3.50. The van der Waals surface area contributed by atoms with Crippen molar-refractivity contribution in [2.75, 3.05) is 7.11 Å². The largest absolute Gasteiger partial charge is 0.497 e. The molecule has 0 saturated heterocycles. The van der Waals surface area contributed by atoms with Crippen molar-refractivity contribution in [1.29, 1.82) is 0 Å². The average molecular weight is 220 g/mol. The number of benzene rings is 1. The van der Waals surface area contributed by atoms with Crippen LogP contribution in [0.25, 0.3) is 11.0 Å². The molecule has 2 rings (SSSR count). The van der Waals surface area contributed by atoms with Crippen molar-refractivity contribution in [3.05, 3.63) is 39.7 Å². The minimum Gasteiger partial charge on any atom is -0.497 e. The van der Waals surface area contributed by atoms with Crippen LogP contribution in [0.1, 0.15) is 11.3 Å². The Kier molecular flexibility index (Phi) is 2.66. The van der Waals surface area contributed by atoms with Gasteiger partial charge < -0.3 is 14.3 Å². The van der Waals surface area contributed by atoms with E-state index in [0.29, 0.717) is 28.0 Å². The van der Waals surface area contributed by atoms with Crippen molar-refractivity contribution < 1.29 is 14.3 Å². The summed E-state index contributed by atoms with van der Waals surface area (Å²) in [7, 11) is 1.54. The lowest BCUT2D eigenvalue weighted by Gasteiger charge is -2.05. The van der Waals surface area contributed by atoms with E-state index in [1.165, 1.54) is 0 Å². The zero-order valence-electron chi connectivity index (χ0n) is 9.11. The van der Waals surface area contributed by atoms with Gasteiger partial charge in [-0.1, -0.05) is 0 Å². The van der Waals surface area contributed by atoms with Crippen LogP contribution in [0.2, 0.25) is 0 Å². The summed E-state index contributed by atoms with van der Waals surface area (Å²) in [6.45, 7) is 1.36. The third-order valence-electron chi connectivity index (χ3n) is 2.57. The minimum atomic E-state index is -0.284. The number of ether oxygens (including phenoxy) is 1. The highest BCUT2D eigenvalue weighted by Gasteiger charge is 2.10. The van der Waals surface area contributed by atoms with Crippen molar-refractivity contribution in [2.45, 2.75) is 13.5 Å². The lowest BCUT2D eigenvalue weighted by molar-refractivity contribution is 0.247. The van der Waals surface area contributed by atoms with Crippen molar-refractivity contribution in [2.24, 2.45) is 0 Å². The van der Waals surface area contributed by atoms with Crippen molar-refractivity contribution in [3.8, 4) is 5.75 Å². The summed E-state index contributed by atoms with van der Waals surface area (Å²) in [6.07, 6.45) is 0. The van der Waals surface area contributed by atoms with Gasteiger partial charge in [0, 0.05) is 11.6 Å². The molecule has 0 aliphatic rings. The maximum absolute atomic E-state index is 11.9. The van der Waals surface area contributed by atoms with Gasteiger partial charge in [0.1, 0.15) is 23.7 Å². The molecule has 1 aromatic heterocycles. The SMILES string of the molecule is COc1ccc2c(=O)c(C)c(CO)oc2c1. The summed E-state index contributed by atoms with van der Waals surface area (Å²) in [5, 5.41) is 9.56. The molecule has 1 heterocycles. The Labute approximate surface area is 92.1 Å². The van der Waals surface area contributed by atoms with Crippen LogP contribution in [0.4, 0.5) is 0 Å². The fourth-order valence-corrected chi connectivity index (χ4v) is 1.59. The smallest absolute Gasteiger partial charge is 0.195 e. The standard InChI is InChI=1S/C12H12O4/c1-7-11(6-13)16-10-5-8(15-2)3-4-9(10)12(7)14/h3-5,13H,6H2,1-2H3. The van der Waals surface area contributed by atoms with E-state index in [1.54, 1.807) is 32.2 Å². The maximum Gasteiger partial charge on any atom is 0.195 e. The number of hydrogen-bond acceptors (Lipinski definition) is 4. The van der Waals surface area contributed by atoms with E-state index in [-0.39, 0.29) is 12.0 Å². The van der Waals surface area contributed by atoms with Crippen LogP contribution in [0.15, 0.2) is 27.4 Å². The molecule has 1 N–H and O–H groups in total. The van der Waals surface area contributed by atoms with E-state index >= 15 is 0 Å². The number of fused-ring (bicyclic) bond motifs is 1. The third-order valence-corrected chi connectivity index (χ3v) is 2.57. The summed E-state index contributed by atoms with van der Waals surface area (Å²) in [6, 6.07) is 5.00. The fraction of sp³-hybridized carbons (Fsp3) is 0.250. The van der Waals surface area contributed by atoms with Crippen LogP contribution in [-0.2, 0) is 6.61 Å². The predicted molar refractivity (Wildman–Crippen MR) is 59.7 cm³/mol. The van der Waals surface area contributed by atoms with Gasteiger partial charge in [-0.25, -0.2) is 0 Å². The number of aliphatic hydroxyl groups is 1. The fourth-order valence-electron chi connectivity index (χ4n) is 1.59. The highest BCUT2D eigenvalue weighted by molar-refractivity contribution is 5.78. The molecule has 2 aromatic rings. The van der Waals surface area contributed by atoms with Crippen LogP contribution in [0.3, 0.4) is 0 Å². The van der Waals surface area contributed by atoms with E-state index in [1.807, 2.05) is 0 Å². The molecule has 0 bridgehead atoms. The molecule has 4 nitrogen and oxygen atoms in total. The first kappa shape index (κ1) is 10.7. The van der Waals surface area contributed by atoms with E-state index in [4.69, 9.17) is 14.3 Å². The molecule has 0 atom stereocenters. The molecule has 0 amide bonds. The van der Waals surface area contributed by atoms with Crippen LogP contribution >= 0.6 is 0 Å². The first-order valence-corrected chi connectivity index (χ1v) is 4.88. The summed E-state index contributed by atoms with van der Waals surface area (Å²) in [4.78, 5) is 11.9. The average Bonchev–Trinajstić information content (AvgIpc) is 2.33. The molecular formula is C12H12O4. The van der Waals surface area contributed by atoms with Crippen molar-refractivity contribution in [1.82, 2.24) is 0 Å². The van der Waals surface area contributed by atoms with Gasteiger partial charge in [-0.15, -0.1) is 0 Å². The molecule has 0 aliphatic carbocycles. The highest BCUT2D eigenvalue weighted by Crippen LogP contribution is 2.20. The van der Waals surface area contributed by atoms with Crippen molar-refractivity contribution in [3.63, 3.8) is 0 Å². The second kappa shape index (κ2) is 3.98. The monoisotopic (exact) mass is 220 g/mol. The lowest BCUT2D eigenvalue weighted by atomic mass is 10.1. The quantitative estimate of drug-likeness (QED) is 0.835. The number of rotatable bonds is 2. The van der Waals surface area contributed by atoms with E-state index in [0.717, 1.165) is 0 Å². The molecule has 4 heteroatoms. The zero-order chi connectivity index (χ0) is 11.7. The Morgan fingerprint density at radius 2 is 2.19 bits per heavy atom. The van der Waals surface area contributed by atoms with Gasteiger partial charge in [0.15, 0.2) is 5.43 Å². The second-order valence-electron chi connectivity index (χ2n) is 3.50. The lowest BCUT2D eigenvalue weighted by Crippen LogP contribution is -2.09. The number of hydrogen-bond donors (Lipinski definition) is 1. The maximum atomic E-state index is 11.9. The Balaban J connectivity index is 2.82. The third kappa shape index (κ3) is 1.57. The molecule has 0 fully saturated rings. The van der Waals surface area contributed by atoms with Crippen LogP contribution in [0, 0.1) is 6.92 Å². The molecule has 84 valence electrons. The molecular weight excluding hydrogens is 208 g/mol. The highest BCUT2D eigenvalue weighted by atomic mass is 16.5. The number of methoxy groups -OCH3 is 1. The molecule has 0 aliphatic heterocycles. The van der Waals surface area contributed by atoms with Crippen molar-refractivity contribution >= 4 is 11.0 Å². The Bertz CT molecular complexity index is 583. The first-order chi connectivity index (χ1) is 7.67. The van der Waals surface area contributed by atoms with E-state index < -0.39 is 0 Å². The van der Waals surface area contributed by atoms with Gasteiger partial charge in [0.05, 0.1) is 12.5 Å².